The molecular weight excluding hydrogens is 247 g/mol. The molecule has 2 rings (SSSR count). The summed E-state index contributed by atoms with van der Waals surface area (Å²) in [5.74, 6) is -0.212. The van der Waals surface area contributed by atoms with Crippen LogP contribution in [-0.2, 0) is 6.42 Å². The van der Waals surface area contributed by atoms with Crippen LogP contribution in [-0.4, -0.2) is 0 Å². The molecule has 2 aromatic carbocycles. The highest BCUT2D eigenvalue weighted by molar-refractivity contribution is 6.20. The van der Waals surface area contributed by atoms with Gasteiger partial charge in [-0.25, -0.2) is 4.39 Å². The van der Waals surface area contributed by atoms with E-state index in [9.17, 15) is 4.39 Å². The van der Waals surface area contributed by atoms with Crippen molar-refractivity contribution in [2.24, 2.45) is 0 Å². The number of alkyl halides is 1. The molecule has 0 heterocycles. The Morgan fingerprint density at radius 2 is 1.83 bits per heavy atom. The Morgan fingerprint density at radius 3 is 2.50 bits per heavy atom. The molecule has 94 valence electrons. The Kier molecular flexibility index (Phi) is 4.03. The second kappa shape index (κ2) is 5.53. The third kappa shape index (κ3) is 3.11. The zero-order valence-corrected chi connectivity index (χ0v) is 11.3. The van der Waals surface area contributed by atoms with Crippen molar-refractivity contribution in [3.8, 4) is 0 Å². The molecule has 1 unspecified atom stereocenters. The molecule has 18 heavy (non-hydrogen) atoms. The van der Waals surface area contributed by atoms with Crippen LogP contribution in [0.3, 0.4) is 0 Å². The summed E-state index contributed by atoms with van der Waals surface area (Å²) in [7, 11) is 0. The van der Waals surface area contributed by atoms with Crippen LogP contribution in [0.25, 0.3) is 0 Å². The van der Waals surface area contributed by atoms with Gasteiger partial charge >= 0.3 is 0 Å². The summed E-state index contributed by atoms with van der Waals surface area (Å²) in [5.41, 5.74) is 4.50. The molecule has 0 spiro atoms. The first kappa shape index (κ1) is 13.1. The van der Waals surface area contributed by atoms with E-state index in [-0.39, 0.29) is 11.2 Å². The summed E-state index contributed by atoms with van der Waals surface area (Å²) in [6.45, 7) is 4.15. The van der Waals surface area contributed by atoms with E-state index < -0.39 is 0 Å². The van der Waals surface area contributed by atoms with Crippen LogP contribution >= 0.6 is 11.6 Å². The van der Waals surface area contributed by atoms with Crippen molar-refractivity contribution in [2.75, 3.05) is 0 Å². The standard InChI is InChI=1S/C16H16ClF/c1-11-6-7-14(8-12(11)2)16(17)10-13-4-3-5-15(18)9-13/h3-9,16H,10H2,1-2H3. The largest absolute Gasteiger partial charge is 0.207 e. The van der Waals surface area contributed by atoms with Gasteiger partial charge in [0.15, 0.2) is 0 Å². The summed E-state index contributed by atoms with van der Waals surface area (Å²) in [6.07, 6.45) is 0.641. The molecular formula is C16H16ClF. The van der Waals surface area contributed by atoms with Crippen molar-refractivity contribution >= 4 is 11.6 Å². The highest BCUT2D eigenvalue weighted by atomic mass is 35.5. The lowest BCUT2D eigenvalue weighted by Gasteiger charge is -2.12. The summed E-state index contributed by atoms with van der Waals surface area (Å²) in [5, 5.41) is -0.119. The van der Waals surface area contributed by atoms with Gasteiger partial charge < -0.3 is 0 Å². The molecule has 0 aromatic heterocycles. The van der Waals surface area contributed by atoms with E-state index in [1.54, 1.807) is 6.07 Å². The van der Waals surface area contributed by atoms with Crippen molar-refractivity contribution in [1.82, 2.24) is 0 Å². The van der Waals surface area contributed by atoms with Gasteiger partial charge in [0.05, 0.1) is 5.38 Å². The first-order valence-corrected chi connectivity index (χ1v) is 6.45. The molecule has 0 aliphatic rings. The van der Waals surface area contributed by atoms with Gasteiger partial charge in [-0.2, -0.15) is 0 Å². The molecule has 0 bridgehead atoms. The first-order valence-electron chi connectivity index (χ1n) is 6.02. The topological polar surface area (TPSA) is 0 Å². The molecule has 1 atom stereocenters. The molecule has 0 amide bonds. The van der Waals surface area contributed by atoms with E-state index in [2.05, 4.69) is 26.0 Å². The summed E-state index contributed by atoms with van der Waals surface area (Å²) < 4.78 is 13.1. The van der Waals surface area contributed by atoms with Crippen molar-refractivity contribution in [1.29, 1.82) is 0 Å². The average Bonchev–Trinajstić information content (AvgIpc) is 2.32. The molecule has 0 saturated carbocycles. The highest BCUT2D eigenvalue weighted by Gasteiger charge is 2.10. The molecule has 0 saturated heterocycles. The molecule has 0 aliphatic heterocycles. The number of rotatable bonds is 3. The average molecular weight is 263 g/mol. The van der Waals surface area contributed by atoms with Gasteiger partial charge in [-0.1, -0.05) is 30.3 Å². The fourth-order valence-corrected chi connectivity index (χ4v) is 2.26. The van der Waals surface area contributed by atoms with E-state index >= 15 is 0 Å². The van der Waals surface area contributed by atoms with Crippen molar-refractivity contribution in [3.63, 3.8) is 0 Å². The SMILES string of the molecule is Cc1ccc(C(Cl)Cc2cccc(F)c2)cc1C. The predicted octanol–water partition coefficient (Wildman–Crippen LogP) is 4.97. The maximum atomic E-state index is 13.1. The minimum Gasteiger partial charge on any atom is -0.207 e. The maximum Gasteiger partial charge on any atom is 0.123 e. The lowest BCUT2D eigenvalue weighted by Crippen LogP contribution is -1.97. The van der Waals surface area contributed by atoms with Gasteiger partial charge in [0.1, 0.15) is 5.82 Å². The van der Waals surface area contributed by atoms with Crippen LogP contribution in [0.2, 0.25) is 0 Å². The fourth-order valence-electron chi connectivity index (χ4n) is 1.95. The van der Waals surface area contributed by atoms with E-state index in [1.165, 1.54) is 23.3 Å². The minimum atomic E-state index is -0.212. The van der Waals surface area contributed by atoms with E-state index in [4.69, 9.17) is 11.6 Å². The predicted molar refractivity (Wildman–Crippen MR) is 74.6 cm³/mol. The quantitative estimate of drug-likeness (QED) is 0.686. The van der Waals surface area contributed by atoms with Gasteiger partial charge in [-0.05, 0) is 54.7 Å². The lowest BCUT2D eigenvalue weighted by atomic mass is 10.00. The second-order valence-corrected chi connectivity index (χ2v) is 5.17. The molecule has 0 fully saturated rings. The Labute approximate surface area is 112 Å². The molecule has 0 aliphatic carbocycles. The maximum absolute atomic E-state index is 13.1. The van der Waals surface area contributed by atoms with Crippen molar-refractivity contribution in [3.05, 3.63) is 70.5 Å². The van der Waals surface area contributed by atoms with Crippen LogP contribution in [0.15, 0.2) is 42.5 Å². The van der Waals surface area contributed by atoms with E-state index in [0.29, 0.717) is 6.42 Å². The fraction of sp³-hybridized carbons (Fsp3) is 0.250. The van der Waals surface area contributed by atoms with Gasteiger partial charge in [-0.3, -0.25) is 0 Å². The lowest BCUT2D eigenvalue weighted by molar-refractivity contribution is 0.625. The van der Waals surface area contributed by atoms with Crippen LogP contribution in [0, 0.1) is 19.7 Å². The second-order valence-electron chi connectivity index (χ2n) is 4.65. The van der Waals surface area contributed by atoms with Crippen LogP contribution < -0.4 is 0 Å². The Balaban J connectivity index is 2.16. The van der Waals surface area contributed by atoms with Gasteiger partial charge in [0, 0.05) is 0 Å². The van der Waals surface area contributed by atoms with Crippen LogP contribution in [0.5, 0.6) is 0 Å². The Bertz CT molecular complexity index is 549. The first-order chi connectivity index (χ1) is 8.56. The van der Waals surface area contributed by atoms with E-state index in [1.807, 2.05) is 12.1 Å². The van der Waals surface area contributed by atoms with Gasteiger partial charge in [0.25, 0.3) is 0 Å². The number of benzene rings is 2. The molecule has 0 N–H and O–H groups in total. The highest BCUT2D eigenvalue weighted by Crippen LogP contribution is 2.26. The Hall–Kier alpha value is -1.34. The monoisotopic (exact) mass is 262 g/mol. The summed E-state index contributed by atoms with van der Waals surface area (Å²) >= 11 is 6.39. The van der Waals surface area contributed by atoms with Crippen LogP contribution in [0.1, 0.15) is 27.6 Å². The van der Waals surface area contributed by atoms with Gasteiger partial charge in [0.2, 0.25) is 0 Å². The molecule has 0 nitrogen and oxygen atoms in total. The van der Waals surface area contributed by atoms with E-state index in [0.717, 1.165) is 11.1 Å². The number of hydrogen-bond donors (Lipinski definition) is 0. The van der Waals surface area contributed by atoms with Crippen LogP contribution in [0.4, 0.5) is 4.39 Å². The number of aryl methyl sites for hydroxylation is 2. The molecule has 2 aromatic rings. The number of hydrogen-bond acceptors (Lipinski definition) is 0. The molecule has 0 radical (unpaired) electrons. The Morgan fingerprint density at radius 1 is 1.06 bits per heavy atom. The van der Waals surface area contributed by atoms with Crippen molar-refractivity contribution < 1.29 is 4.39 Å². The van der Waals surface area contributed by atoms with Gasteiger partial charge in [-0.15, -0.1) is 11.6 Å². The smallest absolute Gasteiger partial charge is 0.123 e. The number of halogens is 2. The summed E-state index contributed by atoms with van der Waals surface area (Å²) in [6, 6.07) is 12.8. The zero-order valence-electron chi connectivity index (χ0n) is 10.6. The van der Waals surface area contributed by atoms with Crippen molar-refractivity contribution in [2.45, 2.75) is 25.6 Å². The minimum absolute atomic E-state index is 0.119. The normalized spacial score (nSPS) is 12.4. The summed E-state index contributed by atoms with van der Waals surface area (Å²) in [4.78, 5) is 0. The third-order valence-electron chi connectivity index (χ3n) is 3.20. The molecule has 2 heteroatoms. The zero-order chi connectivity index (χ0) is 13.1. The third-order valence-corrected chi connectivity index (χ3v) is 3.60.